The first-order chi connectivity index (χ1) is 12.7. The van der Waals surface area contributed by atoms with Crippen molar-refractivity contribution in [1.29, 1.82) is 0 Å². The van der Waals surface area contributed by atoms with Crippen molar-refractivity contribution in [2.24, 2.45) is 17.3 Å². The van der Waals surface area contributed by atoms with E-state index in [1.165, 1.54) is 11.3 Å². The fourth-order valence-corrected chi connectivity index (χ4v) is 4.07. The Bertz CT molecular complexity index is 595. The number of aromatic nitrogens is 2. The van der Waals surface area contributed by atoms with Crippen LogP contribution < -0.4 is 10.6 Å². The highest BCUT2D eigenvalue weighted by Crippen LogP contribution is 2.47. The predicted octanol–water partition coefficient (Wildman–Crippen LogP) is 2.74. The van der Waals surface area contributed by atoms with Gasteiger partial charge in [-0.25, -0.2) is 0 Å². The monoisotopic (exact) mass is 377 g/mol. The summed E-state index contributed by atoms with van der Waals surface area (Å²) in [7, 11) is 4.12. The molecule has 6 heteroatoms. The lowest BCUT2D eigenvalue weighted by molar-refractivity contribution is -0.130. The molecule has 0 radical (unpaired) electrons. The lowest BCUT2D eigenvalue weighted by Gasteiger charge is -2.41. The number of rotatable bonds is 9. The van der Waals surface area contributed by atoms with Crippen LogP contribution in [0.4, 0.5) is 0 Å². The van der Waals surface area contributed by atoms with Crippen molar-refractivity contribution in [2.45, 2.75) is 59.4 Å². The fourth-order valence-electron chi connectivity index (χ4n) is 4.07. The normalized spacial score (nSPS) is 22.4. The number of carbonyl (C=O) groups excluding carboxylic acids is 1. The third-order valence-corrected chi connectivity index (χ3v) is 5.95. The lowest BCUT2D eigenvalue weighted by Crippen LogP contribution is -2.43. The number of carbonyl (C=O) groups is 1. The van der Waals surface area contributed by atoms with Crippen molar-refractivity contribution in [3.05, 3.63) is 17.5 Å². The van der Waals surface area contributed by atoms with Gasteiger partial charge in [0.15, 0.2) is 0 Å². The van der Waals surface area contributed by atoms with Crippen LogP contribution in [0.25, 0.3) is 0 Å². The Morgan fingerprint density at radius 1 is 1.44 bits per heavy atom. The number of hydrogen-bond acceptors (Lipinski definition) is 4. The third kappa shape index (κ3) is 6.04. The molecule has 0 spiro atoms. The average molecular weight is 378 g/mol. The molecular formula is C21H39N5O. The molecule has 6 nitrogen and oxygen atoms in total. The molecule has 0 saturated heterocycles. The molecule has 2 atom stereocenters. The Morgan fingerprint density at radius 2 is 2.19 bits per heavy atom. The molecule has 3 N–H and O–H groups in total. The minimum atomic E-state index is 0.0430. The third-order valence-electron chi connectivity index (χ3n) is 5.95. The molecule has 1 unspecified atom stereocenters. The zero-order chi connectivity index (χ0) is 20.0. The minimum Gasteiger partial charge on any atom is -0.356 e. The minimum absolute atomic E-state index is 0.0430. The molecule has 0 bridgehead atoms. The maximum absolute atomic E-state index is 12.9. The summed E-state index contributed by atoms with van der Waals surface area (Å²) in [5.41, 5.74) is 2.53. The smallest absolute Gasteiger partial charge is 0.223 e. The Labute approximate surface area is 164 Å². The van der Waals surface area contributed by atoms with Crippen LogP contribution in [0.2, 0.25) is 0 Å². The van der Waals surface area contributed by atoms with Crippen LogP contribution in [-0.4, -0.2) is 54.7 Å². The van der Waals surface area contributed by atoms with Crippen LogP contribution in [0, 0.1) is 17.3 Å². The van der Waals surface area contributed by atoms with Crippen LogP contribution in [0.1, 0.15) is 64.1 Å². The largest absolute Gasteiger partial charge is 0.356 e. The molecule has 1 aliphatic rings. The van der Waals surface area contributed by atoms with E-state index in [0.717, 1.165) is 45.4 Å². The number of likely N-dealkylation sites (N-methyl/N-ethyl adjacent to an activating group) is 2. The maximum Gasteiger partial charge on any atom is 0.223 e. The lowest BCUT2D eigenvalue weighted by atomic mass is 9.64. The number of nitrogens with one attached hydrogen (secondary N) is 3. The van der Waals surface area contributed by atoms with Crippen molar-refractivity contribution in [3.63, 3.8) is 0 Å². The maximum atomic E-state index is 12.9. The van der Waals surface area contributed by atoms with Crippen molar-refractivity contribution >= 4 is 5.91 Å². The van der Waals surface area contributed by atoms with E-state index in [9.17, 15) is 4.79 Å². The van der Waals surface area contributed by atoms with E-state index < -0.39 is 0 Å². The topological polar surface area (TPSA) is 73.0 Å². The number of hydrogen-bond donors (Lipinski definition) is 3. The van der Waals surface area contributed by atoms with Crippen molar-refractivity contribution in [2.75, 3.05) is 33.7 Å². The van der Waals surface area contributed by atoms with E-state index in [-0.39, 0.29) is 17.2 Å². The molecule has 0 aliphatic heterocycles. The Morgan fingerprint density at radius 3 is 2.85 bits per heavy atom. The number of aromatic amines is 1. The fraction of sp³-hybridized carbons (Fsp3) is 0.810. The zero-order valence-electron chi connectivity index (χ0n) is 18.1. The highest BCUT2D eigenvalue weighted by molar-refractivity contribution is 5.79. The van der Waals surface area contributed by atoms with Gasteiger partial charge in [-0.1, -0.05) is 27.7 Å². The van der Waals surface area contributed by atoms with Gasteiger partial charge in [-0.2, -0.15) is 5.10 Å². The first-order valence-electron chi connectivity index (χ1n) is 10.4. The summed E-state index contributed by atoms with van der Waals surface area (Å²) < 4.78 is 0. The van der Waals surface area contributed by atoms with E-state index in [4.69, 9.17) is 0 Å². The quantitative estimate of drug-likeness (QED) is 0.619. The van der Waals surface area contributed by atoms with Crippen molar-refractivity contribution in [1.82, 2.24) is 25.7 Å². The molecule has 1 fully saturated rings. The molecule has 1 saturated carbocycles. The van der Waals surface area contributed by atoms with Crippen LogP contribution in [0.3, 0.4) is 0 Å². The summed E-state index contributed by atoms with van der Waals surface area (Å²) in [6.45, 7) is 12.4. The summed E-state index contributed by atoms with van der Waals surface area (Å²) in [5, 5.41) is 13.9. The van der Waals surface area contributed by atoms with Gasteiger partial charge in [-0.3, -0.25) is 9.89 Å². The highest BCUT2D eigenvalue weighted by atomic mass is 16.1. The summed E-state index contributed by atoms with van der Waals surface area (Å²) >= 11 is 0. The van der Waals surface area contributed by atoms with Gasteiger partial charge in [0.05, 0.1) is 6.20 Å². The molecule has 1 heterocycles. The summed E-state index contributed by atoms with van der Waals surface area (Å²) in [5.74, 6) is 1.12. The Hall–Kier alpha value is -1.40. The van der Waals surface area contributed by atoms with Gasteiger partial charge in [0, 0.05) is 49.3 Å². The van der Waals surface area contributed by atoms with Crippen molar-refractivity contribution < 1.29 is 4.79 Å². The van der Waals surface area contributed by atoms with E-state index in [2.05, 4.69) is 60.5 Å². The molecule has 1 amide bonds. The van der Waals surface area contributed by atoms with E-state index >= 15 is 0 Å². The number of nitrogens with zero attached hydrogens (tertiary/aromatic N) is 2. The number of amides is 1. The van der Waals surface area contributed by atoms with Crippen LogP contribution >= 0.6 is 0 Å². The van der Waals surface area contributed by atoms with Crippen LogP contribution in [0.15, 0.2) is 6.20 Å². The Balaban J connectivity index is 2.07. The highest BCUT2D eigenvalue weighted by Gasteiger charge is 2.41. The van der Waals surface area contributed by atoms with Gasteiger partial charge in [0.1, 0.15) is 0 Å². The second kappa shape index (κ2) is 9.69. The van der Waals surface area contributed by atoms with E-state index in [1.54, 1.807) is 0 Å². The van der Waals surface area contributed by atoms with Gasteiger partial charge in [-0.05, 0) is 44.7 Å². The summed E-state index contributed by atoms with van der Waals surface area (Å²) in [4.78, 5) is 15.2. The molecule has 1 aliphatic carbocycles. The molecule has 0 aromatic carbocycles. The van der Waals surface area contributed by atoms with Gasteiger partial charge < -0.3 is 15.5 Å². The number of H-pyrrole nitrogens is 1. The molecular weight excluding hydrogens is 338 g/mol. The average Bonchev–Trinajstić information content (AvgIpc) is 3.05. The summed E-state index contributed by atoms with van der Waals surface area (Å²) in [6, 6.07) is 0. The second-order valence-electron chi connectivity index (χ2n) is 9.30. The van der Waals surface area contributed by atoms with Gasteiger partial charge >= 0.3 is 0 Å². The Kier molecular flexibility index (Phi) is 7.86. The predicted molar refractivity (Wildman–Crippen MR) is 111 cm³/mol. The van der Waals surface area contributed by atoms with E-state index in [1.807, 2.05) is 13.2 Å². The first-order valence-corrected chi connectivity index (χ1v) is 10.4. The van der Waals surface area contributed by atoms with Crippen LogP contribution in [-0.2, 0) is 11.3 Å². The van der Waals surface area contributed by atoms with Gasteiger partial charge in [0.2, 0.25) is 5.91 Å². The zero-order valence-corrected chi connectivity index (χ0v) is 18.1. The molecule has 1 aromatic rings. The molecule has 27 heavy (non-hydrogen) atoms. The molecule has 1 aromatic heterocycles. The van der Waals surface area contributed by atoms with Gasteiger partial charge in [-0.15, -0.1) is 0 Å². The first kappa shape index (κ1) is 21.9. The SMILES string of the molecule is CNCCN(C)Cc1cn[nH]c1C1CCC(C)(C)[C@H](C(=O)NCC(C)C)C1. The van der Waals surface area contributed by atoms with Crippen molar-refractivity contribution in [3.8, 4) is 0 Å². The van der Waals surface area contributed by atoms with Gasteiger partial charge in [0.25, 0.3) is 0 Å². The molecule has 154 valence electrons. The molecule has 2 rings (SSSR count). The van der Waals surface area contributed by atoms with Crippen LogP contribution in [0.5, 0.6) is 0 Å². The standard InChI is InChI=1S/C21H39N5O/c1-15(2)12-23-20(27)18-11-16(7-8-21(18,3)4)19-17(13-24-25-19)14-26(6)10-9-22-5/h13,15-16,18,22H,7-12,14H2,1-6H3,(H,23,27)(H,24,25)/t16?,18-/m0/s1. The summed E-state index contributed by atoms with van der Waals surface area (Å²) in [6.07, 6.45) is 5.02. The van der Waals surface area contributed by atoms with E-state index in [0.29, 0.717) is 11.8 Å². The second-order valence-corrected chi connectivity index (χ2v) is 9.30.